The topological polar surface area (TPSA) is 12.9 Å². The predicted octanol–water partition coefficient (Wildman–Crippen LogP) is 3.64. The summed E-state index contributed by atoms with van der Waals surface area (Å²) in [5.74, 6) is 0. The van der Waals surface area contributed by atoms with Gasteiger partial charge >= 0.3 is 0 Å². The molecule has 0 aliphatic carbocycles. The smallest absolute Gasteiger partial charge is 0.0705 e. The minimum absolute atomic E-state index is 0.861. The minimum atomic E-state index is 0.861. The molecule has 0 amide bonds. The fourth-order valence-corrected chi connectivity index (χ4v) is 1.90. The van der Waals surface area contributed by atoms with E-state index >= 15 is 0 Å². The molecule has 0 saturated heterocycles. The van der Waals surface area contributed by atoms with Crippen molar-refractivity contribution in [2.75, 3.05) is 0 Å². The first-order chi connectivity index (χ1) is 6.92. The third kappa shape index (κ3) is 1.85. The van der Waals surface area contributed by atoms with E-state index in [4.69, 9.17) is 0 Å². The highest BCUT2D eigenvalue weighted by atomic mass is 79.9. The van der Waals surface area contributed by atoms with Crippen LogP contribution in [0.3, 0.4) is 0 Å². The Hall–Kier alpha value is -1.15. The van der Waals surface area contributed by atoms with Crippen LogP contribution in [0, 0.1) is 0 Å². The first kappa shape index (κ1) is 9.41. The van der Waals surface area contributed by atoms with E-state index in [9.17, 15) is 0 Å². The average molecular weight is 248 g/mol. The van der Waals surface area contributed by atoms with E-state index in [1.54, 1.807) is 0 Å². The van der Waals surface area contributed by atoms with E-state index in [2.05, 4.69) is 33.0 Å². The number of hydrogen-bond acceptors (Lipinski definition) is 1. The van der Waals surface area contributed by atoms with Gasteiger partial charge in [-0.05, 0) is 17.7 Å². The Morgan fingerprint density at radius 2 is 1.79 bits per heavy atom. The van der Waals surface area contributed by atoms with Gasteiger partial charge in [0.05, 0.1) is 5.69 Å². The molecule has 2 heteroatoms. The molecule has 0 N–H and O–H groups in total. The van der Waals surface area contributed by atoms with Crippen LogP contribution in [-0.2, 0) is 5.33 Å². The molecule has 2 aromatic rings. The van der Waals surface area contributed by atoms with Crippen molar-refractivity contribution in [3.63, 3.8) is 0 Å². The van der Waals surface area contributed by atoms with Gasteiger partial charge in [-0.25, -0.2) is 0 Å². The average Bonchev–Trinajstić information content (AvgIpc) is 2.30. The van der Waals surface area contributed by atoms with E-state index in [1.807, 2.05) is 36.5 Å². The second-order valence-electron chi connectivity index (χ2n) is 3.01. The van der Waals surface area contributed by atoms with Crippen LogP contribution in [0.15, 0.2) is 48.7 Å². The van der Waals surface area contributed by atoms with Gasteiger partial charge in [-0.1, -0.05) is 46.3 Å². The van der Waals surface area contributed by atoms with E-state index in [0.29, 0.717) is 0 Å². The number of benzene rings is 1. The van der Waals surface area contributed by atoms with Crippen molar-refractivity contribution in [2.45, 2.75) is 5.33 Å². The van der Waals surface area contributed by atoms with Crippen LogP contribution >= 0.6 is 15.9 Å². The van der Waals surface area contributed by atoms with Crippen LogP contribution in [-0.4, -0.2) is 4.98 Å². The SMILES string of the molecule is BrCc1ccccc1-c1ccccn1. The van der Waals surface area contributed by atoms with Gasteiger partial charge in [0.2, 0.25) is 0 Å². The minimum Gasteiger partial charge on any atom is -0.256 e. The summed E-state index contributed by atoms with van der Waals surface area (Å²) in [6.45, 7) is 0. The van der Waals surface area contributed by atoms with Crippen LogP contribution < -0.4 is 0 Å². The second kappa shape index (κ2) is 4.38. The van der Waals surface area contributed by atoms with Crippen LogP contribution in [0.1, 0.15) is 5.56 Å². The zero-order valence-electron chi connectivity index (χ0n) is 7.65. The van der Waals surface area contributed by atoms with E-state index < -0.39 is 0 Å². The van der Waals surface area contributed by atoms with Crippen LogP contribution in [0.2, 0.25) is 0 Å². The summed E-state index contributed by atoms with van der Waals surface area (Å²) < 4.78 is 0. The Labute approximate surface area is 91.9 Å². The summed E-state index contributed by atoms with van der Waals surface area (Å²) >= 11 is 3.48. The molecule has 0 aliphatic heterocycles. The maximum Gasteiger partial charge on any atom is 0.0705 e. The zero-order chi connectivity index (χ0) is 9.80. The Morgan fingerprint density at radius 1 is 1.00 bits per heavy atom. The molecule has 0 spiro atoms. The lowest BCUT2D eigenvalue weighted by Gasteiger charge is -2.05. The number of aromatic nitrogens is 1. The van der Waals surface area contributed by atoms with Gasteiger partial charge < -0.3 is 0 Å². The van der Waals surface area contributed by atoms with Gasteiger partial charge in [-0.2, -0.15) is 0 Å². The molecule has 0 bridgehead atoms. The van der Waals surface area contributed by atoms with Gasteiger partial charge in [0.25, 0.3) is 0 Å². The number of halogens is 1. The predicted molar refractivity (Wildman–Crippen MR) is 62.3 cm³/mol. The third-order valence-electron chi connectivity index (χ3n) is 2.10. The van der Waals surface area contributed by atoms with E-state index in [-0.39, 0.29) is 0 Å². The molecule has 1 nitrogen and oxygen atoms in total. The van der Waals surface area contributed by atoms with Gasteiger partial charge in [0, 0.05) is 17.1 Å². The number of rotatable bonds is 2. The Morgan fingerprint density at radius 3 is 2.50 bits per heavy atom. The van der Waals surface area contributed by atoms with Crippen molar-refractivity contribution in [2.24, 2.45) is 0 Å². The summed E-state index contributed by atoms with van der Waals surface area (Å²) in [6.07, 6.45) is 1.82. The summed E-state index contributed by atoms with van der Waals surface area (Å²) in [7, 11) is 0. The molecule has 1 aromatic carbocycles. The lowest BCUT2D eigenvalue weighted by Crippen LogP contribution is -1.87. The van der Waals surface area contributed by atoms with Crippen molar-refractivity contribution >= 4 is 15.9 Å². The van der Waals surface area contributed by atoms with Gasteiger partial charge in [0.15, 0.2) is 0 Å². The lowest BCUT2D eigenvalue weighted by molar-refractivity contribution is 1.30. The summed E-state index contributed by atoms with van der Waals surface area (Å²) in [4.78, 5) is 4.34. The molecule has 0 unspecified atom stereocenters. The van der Waals surface area contributed by atoms with Crippen molar-refractivity contribution in [1.82, 2.24) is 4.98 Å². The number of nitrogens with zero attached hydrogens (tertiary/aromatic N) is 1. The molecule has 70 valence electrons. The fourth-order valence-electron chi connectivity index (χ4n) is 1.41. The third-order valence-corrected chi connectivity index (χ3v) is 2.71. The molecule has 2 rings (SSSR count). The van der Waals surface area contributed by atoms with Crippen LogP contribution in [0.5, 0.6) is 0 Å². The standard InChI is InChI=1S/C12H10BrN/c13-9-10-5-1-2-6-11(10)12-7-3-4-8-14-12/h1-8H,9H2. The van der Waals surface area contributed by atoms with Gasteiger partial charge in [-0.3, -0.25) is 4.98 Å². The molecule has 14 heavy (non-hydrogen) atoms. The van der Waals surface area contributed by atoms with Crippen molar-refractivity contribution in [1.29, 1.82) is 0 Å². The van der Waals surface area contributed by atoms with Crippen molar-refractivity contribution < 1.29 is 0 Å². The number of alkyl halides is 1. The number of hydrogen-bond donors (Lipinski definition) is 0. The highest BCUT2D eigenvalue weighted by molar-refractivity contribution is 9.08. The van der Waals surface area contributed by atoms with Crippen molar-refractivity contribution in [3.8, 4) is 11.3 Å². The highest BCUT2D eigenvalue weighted by Crippen LogP contribution is 2.22. The molecule has 0 atom stereocenters. The quantitative estimate of drug-likeness (QED) is 0.739. The normalized spacial score (nSPS) is 10.1. The molecule has 0 aliphatic rings. The molecular weight excluding hydrogens is 238 g/mol. The molecule has 1 heterocycles. The maximum atomic E-state index is 4.34. The maximum absolute atomic E-state index is 4.34. The largest absolute Gasteiger partial charge is 0.256 e. The zero-order valence-corrected chi connectivity index (χ0v) is 9.24. The monoisotopic (exact) mass is 247 g/mol. The first-order valence-electron chi connectivity index (χ1n) is 4.47. The number of pyridine rings is 1. The molecule has 0 radical (unpaired) electrons. The lowest BCUT2D eigenvalue weighted by atomic mass is 10.1. The molecule has 0 saturated carbocycles. The highest BCUT2D eigenvalue weighted by Gasteiger charge is 2.02. The van der Waals surface area contributed by atoms with Gasteiger partial charge in [0.1, 0.15) is 0 Å². The second-order valence-corrected chi connectivity index (χ2v) is 3.57. The fraction of sp³-hybridized carbons (Fsp3) is 0.0833. The van der Waals surface area contributed by atoms with Crippen LogP contribution in [0.25, 0.3) is 11.3 Å². The summed E-state index contributed by atoms with van der Waals surface area (Å²) in [6, 6.07) is 14.3. The first-order valence-corrected chi connectivity index (χ1v) is 5.59. The molecule has 1 aromatic heterocycles. The van der Waals surface area contributed by atoms with Crippen molar-refractivity contribution in [3.05, 3.63) is 54.2 Å². The summed E-state index contributed by atoms with van der Waals surface area (Å²) in [5, 5.41) is 0.861. The Kier molecular flexibility index (Phi) is 2.94. The van der Waals surface area contributed by atoms with Crippen LogP contribution in [0.4, 0.5) is 0 Å². The Balaban J connectivity index is 2.51. The molecular formula is C12H10BrN. The van der Waals surface area contributed by atoms with Gasteiger partial charge in [-0.15, -0.1) is 0 Å². The molecule has 0 fully saturated rings. The summed E-state index contributed by atoms with van der Waals surface area (Å²) in [5.41, 5.74) is 3.50. The Bertz CT molecular complexity index is 412. The van der Waals surface area contributed by atoms with E-state index in [0.717, 1.165) is 11.0 Å². The van der Waals surface area contributed by atoms with E-state index in [1.165, 1.54) is 11.1 Å².